The van der Waals surface area contributed by atoms with Crippen molar-refractivity contribution in [2.45, 2.75) is 26.2 Å². The van der Waals surface area contributed by atoms with Crippen LogP contribution in [0.3, 0.4) is 0 Å². The van der Waals surface area contributed by atoms with Gasteiger partial charge in [0, 0.05) is 10.7 Å². The van der Waals surface area contributed by atoms with E-state index in [4.69, 9.17) is 16.3 Å². The van der Waals surface area contributed by atoms with Crippen molar-refractivity contribution in [3.8, 4) is 0 Å². The molecule has 126 valence electrons. The standard InChI is InChI=1S/C19H20ClNO3/c1-4-24-17(22)13-7-5-10-16(11-13)21-18(23)19(2,3)14-8-6-9-15(20)12-14/h5-12H,4H2,1-3H3,(H,21,23). The van der Waals surface area contributed by atoms with Crippen LogP contribution < -0.4 is 5.32 Å². The summed E-state index contributed by atoms with van der Waals surface area (Å²) < 4.78 is 4.97. The van der Waals surface area contributed by atoms with Gasteiger partial charge in [-0.1, -0.05) is 29.8 Å². The van der Waals surface area contributed by atoms with Gasteiger partial charge in [-0.25, -0.2) is 4.79 Å². The van der Waals surface area contributed by atoms with Crippen LogP contribution >= 0.6 is 11.6 Å². The fourth-order valence-corrected chi connectivity index (χ4v) is 2.42. The summed E-state index contributed by atoms with van der Waals surface area (Å²) >= 11 is 6.02. The van der Waals surface area contributed by atoms with Crippen molar-refractivity contribution in [2.75, 3.05) is 11.9 Å². The highest BCUT2D eigenvalue weighted by molar-refractivity contribution is 6.30. The van der Waals surface area contributed by atoms with Crippen LogP contribution in [0.15, 0.2) is 48.5 Å². The third-order valence-corrected chi connectivity index (χ3v) is 3.98. The van der Waals surface area contributed by atoms with E-state index in [1.165, 1.54) is 0 Å². The molecule has 0 atom stereocenters. The lowest BCUT2D eigenvalue weighted by Crippen LogP contribution is -2.34. The summed E-state index contributed by atoms with van der Waals surface area (Å²) in [4.78, 5) is 24.5. The zero-order valence-electron chi connectivity index (χ0n) is 13.9. The van der Waals surface area contributed by atoms with Crippen molar-refractivity contribution in [2.24, 2.45) is 0 Å². The van der Waals surface area contributed by atoms with E-state index in [0.29, 0.717) is 22.9 Å². The highest BCUT2D eigenvalue weighted by atomic mass is 35.5. The highest BCUT2D eigenvalue weighted by Gasteiger charge is 2.30. The van der Waals surface area contributed by atoms with Gasteiger partial charge in [-0.05, 0) is 56.7 Å². The molecular weight excluding hydrogens is 326 g/mol. The number of rotatable bonds is 5. The van der Waals surface area contributed by atoms with E-state index in [-0.39, 0.29) is 5.91 Å². The molecule has 0 aromatic heterocycles. The number of amides is 1. The molecular formula is C19H20ClNO3. The molecule has 0 unspecified atom stereocenters. The monoisotopic (exact) mass is 345 g/mol. The van der Waals surface area contributed by atoms with E-state index in [1.54, 1.807) is 43.3 Å². The zero-order valence-corrected chi connectivity index (χ0v) is 14.7. The number of anilines is 1. The van der Waals surface area contributed by atoms with Crippen molar-refractivity contribution >= 4 is 29.2 Å². The van der Waals surface area contributed by atoms with E-state index >= 15 is 0 Å². The van der Waals surface area contributed by atoms with Crippen LogP contribution in [0, 0.1) is 0 Å². The van der Waals surface area contributed by atoms with Gasteiger partial charge in [0.25, 0.3) is 0 Å². The summed E-state index contributed by atoms with van der Waals surface area (Å²) in [6, 6.07) is 13.9. The van der Waals surface area contributed by atoms with Crippen LogP contribution in [0.2, 0.25) is 5.02 Å². The normalized spacial score (nSPS) is 11.0. The van der Waals surface area contributed by atoms with Gasteiger partial charge in [-0.3, -0.25) is 4.79 Å². The first-order valence-electron chi connectivity index (χ1n) is 7.69. The number of hydrogen-bond acceptors (Lipinski definition) is 3. The van der Waals surface area contributed by atoms with Crippen LogP contribution in [-0.2, 0) is 14.9 Å². The second-order valence-electron chi connectivity index (χ2n) is 5.89. The molecule has 0 fully saturated rings. The Morgan fingerprint density at radius 2 is 1.83 bits per heavy atom. The van der Waals surface area contributed by atoms with E-state index in [9.17, 15) is 9.59 Å². The number of benzene rings is 2. The van der Waals surface area contributed by atoms with Crippen molar-refractivity contribution in [1.29, 1.82) is 0 Å². The predicted octanol–water partition coefficient (Wildman–Crippen LogP) is 4.43. The fraction of sp³-hybridized carbons (Fsp3) is 0.263. The van der Waals surface area contributed by atoms with Crippen LogP contribution in [0.4, 0.5) is 5.69 Å². The van der Waals surface area contributed by atoms with Crippen molar-refractivity contribution in [1.82, 2.24) is 0 Å². The summed E-state index contributed by atoms with van der Waals surface area (Å²) in [6.45, 7) is 5.70. The van der Waals surface area contributed by atoms with Gasteiger partial charge in [0.2, 0.25) is 5.91 Å². The second-order valence-corrected chi connectivity index (χ2v) is 6.33. The maximum Gasteiger partial charge on any atom is 0.338 e. The molecule has 0 saturated heterocycles. The van der Waals surface area contributed by atoms with E-state index in [1.807, 2.05) is 26.0 Å². The molecule has 2 rings (SSSR count). The van der Waals surface area contributed by atoms with E-state index in [2.05, 4.69) is 5.32 Å². The SMILES string of the molecule is CCOC(=O)c1cccc(NC(=O)C(C)(C)c2cccc(Cl)c2)c1. The average molecular weight is 346 g/mol. The van der Waals surface area contributed by atoms with Crippen molar-refractivity contribution in [3.05, 3.63) is 64.7 Å². The van der Waals surface area contributed by atoms with Crippen LogP contribution in [0.5, 0.6) is 0 Å². The Balaban J connectivity index is 2.20. The van der Waals surface area contributed by atoms with Gasteiger partial charge >= 0.3 is 5.97 Å². The van der Waals surface area contributed by atoms with Crippen molar-refractivity contribution < 1.29 is 14.3 Å². The van der Waals surface area contributed by atoms with Crippen molar-refractivity contribution in [3.63, 3.8) is 0 Å². The summed E-state index contributed by atoms with van der Waals surface area (Å²) in [5.41, 5.74) is 0.982. The molecule has 1 N–H and O–H groups in total. The molecule has 2 aromatic carbocycles. The molecule has 4 nitrogen and oxygen atoms in total. The van der Waals surface area contributed by atoms with E-state index in [0.717, 1.165) is 5.56 Å². The number of carbonyl (C=O) groups excluding carboxylic acids is 2. The Kier molecular flexibility index (Phi) is 5.62. The summed E-state index contributed by atoms with van der Waals surface area (Å²) in [7, 11) is 0. The summed E-state index contributed by atoms with van der Waals surface area (Å²) in [5, 5.41) is 3.43. The number of esters is 1. The smallest absolute Gasteiger partial charge is 0.338 e. The fourth-order valence-electron chi connectivity index (χ4n) is 2.23. The minimum absolute atomic E-state index is 0.189. The molecule has 1 amide bonds. The van der Waals surface area contributed by atoms with Gasteiger partial charge < -0.3 is 10.1 Å². The molecule has 2 aromatic rings. The third kappa shape index (κ3) is 4.15. The molecule has 0 spiro atoms. The molecule has 0 aliphatic heterocycles. The minimum Gasteiger partial charge on any atom is -0.462 e. The molecule has 0 aliphatic carbocycles. The molecule has 0 bridgehead atoms. The maximum atomic E-state index is 12.7. The Morgan fingerprint density at radius 3 is 2.50 bits per heavy atom. The lowest BCUT2D eigenvalue weighted by molar-refractivity contribution is -0.120. The Morgan fingerprint density at radius 1 is 1.12 bits per heavy atom. The van der Waals surface area contributed by atoms with Gasteiger partial charge in [-0.15, -0.1) is 0 Å². The van der Waals surface area contributed by atoms with Gasteiger partial charge in [-0.2, -0.15) is 0 Å². The molecule has 24 heavy (non-hydrogen) atoms. The Bertz CT molecular complexity index is 756. The number of halogens is 1. The summed E-state index contributed by atoms with van der Waals surface area (Å²) in [5.74, 6) is -0.603. The Hall–Kier alpha value is -2.33. The highest BCUT2D eigenvalue weighted by Crippen LogP contribution is 2.27. The lowest BCUT2D eigenvalue weighted by Gasteiger charge is -2.24. The first-order chi connectivity index (χ1) is 11.3. The third-order valence-electron chi connectivity index (χ3n) is 3.75. The average Bonchev–Trinajstić information content (AvgIpc) is 2.55. The molecule has 0 radical (unpaired) electrons. The first-order valence-corrected chi connectivity index (χ1v) is 8.07. The lowest BCUT2D eigenvalue weighted by atomic mass is 9.83. The number of ether oxygens (including phenoxy) is 1. The van der Waals surface area contributed by atoms with Crippen LogP contribution in [0.1, 0.15) is 36.7 Å². The molecule has 0 saturated carbocycles. The second kappa shape index (κ2) is 7.49. The quantitative estimate of drug-likeness (QED) is 0.815. The summed E-state index contributed by atoms with van der Waals surface area (Å²) in [6.07, 6.45) is 0. The predicted molar refractivity (Wildman–Crippen MR) is 95.5 cm³/mol. The topological polar surface area (TPSA) is 55.4 Å². The number of hydrogen-bond donors (Lipinski definition) is 1. The number of carbonyl (C=O) groups is 2. The van der Waals surface area contributed by atoms with Gasteiger partial charge in [0.1, 0.15) is 0 Å². The molecule has 0 aliphatic rings. The van der Waals surface area contributed by atoms with Crippen LogP contribution in [0.25, 0.3) is 0 Å². The largest absolute Gasteiger partial charge is 0.462 e. The molecule has 5 heteroatoms. The number of nitrogens with one attached hydrogen (secondary N) is 1. The zero-order chi connectivity index (χ0) is 17.7. The minimum atomic E-state index is -0.773. The maximum absolute atomic E-state index is 12.7. The van der Waals surface area contributed by atoms with Gasteiger partial charge in [0.15, 0.2) is 0 Å². The first kappa shape index (κ1) is 18.0. The Labute approximate surface area is 146 Å². The van der Waals surface area contributed by atoms with Gasteiger partial charge in [0.05, 0.1) is 17.6 Å². The molecule has 0 heterocycles. The van der Waals surface area contributed by atoms with E-state index < -0.39 is 11.4 Å². The van der Waals surface area contributed by atoms with Crippen LogP contribution in [-0.4, -0.2) is 18.5 Å².